The SMILES string of the molecule is CC(C)c1cc(N)cnc1SCc1ccccc1. The van der Waals surface area contributed by atoms with Crippen LogP contribution < -0.4 is 5.73 Å². The zero-order chi connectivity index (χ0) is 13.0. The summed E-state index contributed by atoms with van der Waals surface area (Å²) >= 11 is 1.77. The third-order valence-electron chi connectivity index (χ3n) is 2.74. The van der Waals surface area contributed by atoms with Gasteiger partial charge in [-0.15, -0.1) is 11.8 Å². The number of aromatic nitrogens is 1. The van der Waals surface area contributed by atoms with Gasteiger partial charge in [0.15, 0.2) is 0 Å². The molecule has 1 aromatic carbocycles. The minimum absolute atomic E-state index is 0.444. The number of pyridine rings is 1. The summed E-state index contributed by atoms with van der Waals surface area (Å²) in [5.74, 6) is 1.39. The lowest BCUT2D eigenvalue weighted by molar-refractivity contribution is 0.820. The molecular weight excluding hydrogens is 240 g/mol. The first-order valence-corrected chi connectivity index (χ1v) is 7.07. The molecule has 0 aliphatic rings. The number of nitrogens with two attached hydrogens (primary N) is 1. The Labute approximate surface area is 113 Å². The lowest BCUT2D eigenvalue weighted by Crippen LogP contribution is -1.97. The quantitative estimate of drug-likeness (QED) is 0.840. The molecule has 1 aromatic heterocycles. The van der Waals surface area contributed by atoms with Crippen molar-refractivity contribution in [3.05, 3.63) is 53.7 Å². The fourth-order valence-corrected chi connectivity index (χ4v) is 2.83. The highest BCUT2D eigenvalue weighted by Gasteiger charge is 2.09. The van der Waals surface area contributed by atoms with Crippen molar-refractivity contribution in [3.8, 4) is 0 Å². The molecule has 94 valence electrons. The Kier molecular flexibility index (Phi) is 4.26. The highest BCUT2D eigenvalue weighted by molar-refractivity contribution is 7.98. The topological polar surface area (TPSA) is 38.9 Å². The summed E-state index contributed by atoms with van der Waals surface area (Å²) in [6.07, 6.45) is 1.74. The van der Waals surface area contributed by atoms with E-state index in [9.17, 15) is 0 Å². The first-order valence-electron chi connectivity index (χ1n) is 6.09. The number of nitrogens with zero attached hydrogens (tertiary/aromatic N) is 1. The Balaban J connectivity index is 2.14. The minimum atomic E-state index is 0.444. The molecule has 1 heterocycles. The van der Waals surface area contributed by atoms with E-state index in [4.69, 9.17) is 5.73 Å². The molecule has 0 spiro atoms. The first kappa shape index (κ1) is 13.0. The average Bonchev–Trinajstić information content (AvgIpc) is 2.38. The molecule has 18 heavy (non-hydrogen) atoms. The largest absolute Gasteiger partial charge is 0.397 e. The highest BCUT2D eigenvalue weighted by Crippen LogP contribution is 2.30. The summed E-state index contributed by atoms with van der Waals surface area (Å²) in [5.41, 5.74) is 9.09. The summed E-state index contributed by atoms with van der Waals surface area (Å²) in [7, 11) is 0. The Hall–Kier alpha value is -1.48. The van der Waals surface area contributed by atoms with E-state index in [1.165, 1.54) is 11.1 Å². The Bertz CT molecular complexity index is 509. The summed E-state index contributed by atoms with van der Waals surface area (Å²) in [4.78, 5) is 4.45. The number of hydrogen-bond donors (Lipinski definition) is 1. The van der Waals surface area contributed by atoms with Crippen LogP contribution in [0.5, 0.6) is 0 Å². The van der Waals surface area contributed by atoms with Crippen LogP contribution in [0.15, 0.2) is 47.6 Å². The Morgan fingerprint density at radius 2 is 1.94 bits per heavy atom. The van der Waals surface area contributed by atoms with Gasteiger partial charge in [-0.05, 0) is 23.1 Å². The standard InChI is InChI=1S/C15H18N2S/c1-11(2)14-8-13(16)9-17-15(14)18-10-12-6-4-3-5-7-12/h3-9,11H,10,16H2,1-2H3. The molecule has 0 bridgehead atoms. The predicted molar refractivity (Wildman–Crippen MR) is 78.7 cm³/mol. The zero-order valence-corrected chi connectivity index (χ0v) is 11.6. The van der Waals surface area contributed by atoms with Crippen molar-refractivity contribution >= 4 is 17.4 Å². The number of rotatable bonds is 4. The van der Waals surface area contributed by atoms with Crippen LogP contribution in [0.25, 0.3) is 0 Å². The molecule has 0 aliphatic heterocycles. The molecule has 0 saturated carbocycles. The van der Waals surface area contributed by atoms with E-state index in [1.54, 1.807) is 18.0 Å². The van der Waals surface area contributed by atoms with Crippen LogP contribution in [-0.4, -0.2) is 4.98 Å². The van der Waals surface area contributed by atoms with Gasteiger partial charge in [-0.25, -0.2) is 4.98 Å². The van der Waals surface area contributed by atoms with E-state index >= 15 is 0 Å². The summed E-state index contributed by atoms with van der Waals surface area (Å²) in [6, 6.07) is 12.5. The molecule has 0 unspecified atom stereocenters. The van der Waals surface area contributed by atoms with Crippen LogP contribution in [0.4, 0.5) is 5.69 Å². The number of benzene rings is 1. The lowest BCUT2D eigenvalue weighted by atomic mass is 10.1. The van der Waals surface area contributed by atoms with Crippen molar-refractivity contribution in [2.24, 2.45) is 0 Å². The predicted octanol–water partition coefficient (Wildman–Crippen LogP) is 4.08. The normalized spacial score (nSPS) is 10.8. The Morgan fingerprint density at radius 1 is 1.22 bits per heavy atom. The van der Waals surface area contributed by atoms with Gasteiger partial charge in [-0.2, -0.15) is 0 Å². The van der Waals surface area contributed by atoms with Crippen molar-refractivity contribution in [1.29, 1.82) is 0 Å². The third kappa shape index (κ3) is 3.26. The van der Waals surface area contributed by atoms with Crippen LogP contribution in [0.2, 0.25) is 0 Å². The van der Waals surface area contributed by atoms with Crippen molar-refractivity contribution in [1.82, 2.24) is 4.98 Å². The van der Waals surface area contributed by atoms with E-state index in [0.29, 0.717) is 5.92 Å². The van der Waals surface area contributed by atoms with Crippen LogP contribution in [0, 0.1) is 0 Å². The third-order valence-corrected chi connectivity index (χ3v) is 3.83. The molecule has 0 aliphatic carbocycles. The second kappa shape index (κ2) is 5.91. The molecule has 0 atom stereocenters. The van der Waals surface area contributed by atoms with Gasteiger partial charge in [-0.3, -0.25) is 0 Å². The lowest BCUT2D eigenvalue weighted by Gasteiger charge is -2.12. The van der Waals surface area contributed by atoms with Gasteiger partial charge in [0, 0.05) is 5.75 Å². The van der Waals surface area contributed by atoms with Gasteiger partial charge < -0.3 is 5.73 Å². The number of thioether (sulfide) groups is 1. The van der Waals surface area contributed by atoms with Crippen molar-refractivity contribution in [2.45, 2.75) is 30.5 Å². The molecule has 2 rings (SSSR count). The molecular formula is C15H18N2S. The van der Waals surface area contributed by atoms with E-state index in [-0.39, 0.29) is 0 Å². The average molecular weight is 258 g/mol. The molecule has 2 aromatic rings. The molecule has 0 saturated heterocycles. The fourth-order valence-electron chi connectivity index (χ4n) is 1.75. The van der Waals surface area contributed by atoms with Gasteiger partial charge in [0.2, 0.25) is 0 Å². The van der Waals surface area contributed by atoms with Crippen LogP contribution >= 0.6 is 11.8 Å². The van der Waals surface area contributed by atoms with Gasteiger partial charge >= 0.3 is 0 Å². The molecule has 3 heteroatoms. The fraction of sp³-hybridized carbons (Fsp3) is 0.267. The van der Waals surface area contributed by atoms with E-state index in [1.807, 2.05) is 12.1 Å². The second-order valence-electron chi connectivity index (χ2n) is 4.59. The van der Waals surface area contributed by atoms with Crippen molar-refractivity contribution < 1.29 is 0 Å². The second-order valence-corrected chi connectivity index (χ2v) is 5.56. The summed E-state index contributed by atoms with van der Waals surface area (Å²) in [5, 5.41) is 1.09. The zero-order valence-electron chi connectivity index (χ0n) is 10.8. The molecule has 0 radical (unpaired) electrons. The summed E-state index contributed by atoms with van der Waals surface area (Å²) in [6.45, 7) is 4.34. The highest BCUT2D eigenvalue weighted by atomic mass is 32.2. The Morgan fingerprint density at radius 3 is 2.61 bits per heavy atom. The minimum Gasteiger partial charge on any atom is -0.397 e. The van der Waals surface area contributed by atoms with Crippen molar-refractivity contribution in [2.75, 3.05) is 5.73 Å². The molecule has 2 nitrogen and oxygen atoms in total. The summed E-state index contributed by atoms with van der Waals surface area (Å²) < 4.78 is 0. The van der Waals surface area contributed by atoms with E-state index < -0.39 is 0 Å². The molecule has 2 N–H and O–H groups in total. The van der Waals surface area contributed by atoms with E-state index in [0.717, 1.165) is 16.5 Å². The van der Waals surface area contributed by atoms with Gasteiger partial charge in [0.05, 0.1) is 16.9 Å². The maximum Gasteiger partial charge on any atom is 0.0999 e. The number of hydrogen-bond acceptors (Lipinski definition) is 3. The maximum absolute atomic E-state index is 5.80. The smallest absolute Gasteiger partial charge is 0.0999 e. The van der Waals surface area contributed by atoms with Gasteiger partial charge in [-0.1, -0.05) is 44.2 Å². The monoisotopic (exact) mass is 258 g/mol. The number of anilines is 1. The maximum atomic E-state index is 5.80. The first-order chi connectivity index (χ1) is 8.66. The molecule has 0 amide bonds. The molecule has 0 fully saturated rings. The van der Waals surface area contributed by atoms with E-state index in [2.05, 4.69) is 43.1 Å². The van der Waals surface area contributed by atoms with Gasteiger partial charge in [0.25, 0.3) is 0 Å². The van der Waals surface area contributed by atoms with Crippen LogP contribution in [-0.2, 0) is 5.75 Å². The van der Waals surface area contributed by atoms with Crippen LogP contribution in [0.3, 0.4) is 0 Å². The van der Waals surface area contributed by atoms with Gasteiger partial charge in [0.1, 0.15) is 0 Å². The number of nitrogen functional groups attached to an aromatic ring is 1. The van der Waals surface area contributed by atoms with Crippen LogP contribution in [0.1, 0.15) is 30.9 Å². The van der Waals surface area contributed by atoms with Crippen molar-refractivity contribution in [3.63, 3.8) is 0 Å².